The Hall–Kier alpha value is -3.33. The second-order valence-corrected chi connectivity index (χ2v) is 9.40. The summed E-state index contributed by atoms with van der Waals surface area (Å²) >= 11 is 0. The molecular weight excluding hydrogens is 436 g/mol. The molecule has 7 rings (SSSR count). The average molecular weight is 462 g/mol. The first-order valence-electron chi connectivity index (χ1n) is 11.7. The summed E-state index contributed by atoms with van der Waals surface area (Å²) in [7, 11) is 0. The Kier molecular flexibility index (Phi) is 5.09. The van der Waals surface area contributed by atoms with Crippen LogP contribution in [0.3, 0.4) is 0 Å². The third-order valence-electron chi connectivity index (χ3n) is 7.12. The molecule has 3 aliphatic heterocycles. The minimum atomic E-state index is -0.454. The lowest BCUT2D eigenvalue weighted by Crippen LogP contribution is -2.46. The number of nitrogens with zero attached hydrogens (tertiary/aromatic N) is 7. The van der Waals surface area contributed by atoms with Crippen LogP contribution in [0.25, 0.3) is 22.6 Å². The van der Waals surface area contributed by atoms with Gasteiger partial charge in [0, 0.05) is 30.4 Å². The normalized spacial score (nSPS) is 21.9. The molecule has 3 saturated heterocycles. The zero-order valence-corrected chi connectivity index (χ0v) is 19.2. The minimum Gasteiger partial charge on any atom is -0.304 e. The van der Waals surface area contributed by atoms with Crippen molar-refractivity contribution in [1.29, 1.82) is 0 Å². The quantitative estimate of drug-likeness (QED) is 0.457. The van der Waals surface area contributed by atoms with Gasteiger partial charge in [0.1, 0.15) is 28.8 Å². The van der Waals surface area contributed by atoms with E-state index in [2.05, 4.69) is 24.8 Å². The summed E-state index contributed by atoms with van der Waals surface area (Å²) in [6, 6.07) is 2.95. The Balaban J connectivity index is 1.41. The van der Waals surface area contributed by atoms with Crippen molar-refractivity contribution < 1.29 is 8.78 Å². The third-order valence-corrected chi connectivity index (χ3v) is 7.12. The van der Waals surface area contributed by atoms with E-state index in [1.807, 2.05) is 18.4 Å². The standard InChI is InChI=1S/C25H25F2N7/c1-14-22-25(31-15(2)30-14)34(24(32-22)18-8-19(26)11-28-10-18)12-16-7-21(27)23(29-9-16)20-13-33-5-3-17(20)4-6-33/h7-11,17,20H,3-6,12-13H2,1-2H3. The van der Waals surface area contributed by atoms with Crippen LogP contribution >= 0.6 is 0 Å². The van der Waals surface area contributed by atoms with Crippen LogP contribution in [0.15, 0.2) is 30.7 Å². The Morgan fingerprint density at radius 1 is 1.00 bits per heavy atom. The van der Waals surface area contributed by atoms with E-state index in [1.54, 1.807) is 18.5 Å². The van der Waals surface area contributed by atoms with Crippen molar-refractivity contribution >= 4 is 11.2 Å². The lowest BCUT2D eigenvalue weighted by Gasteiger charge is -2.44. The maximum atomic E-state index is 15.3. The lowest BCUT2D eigenvalue weighted by atomic mass is 9.77. The molecule has 7 heterocycles. The number of piperidine rings is 3. The molecule has 174 valence electrons. The van der Waals surface area contributed by atoms with Crippen LogP contribution in [0.4, 0.5) is 8.78 Å². The maximum absolute atomic E-state index is 15.3. The van der Waals surface area contributed by atoms with E-state index in [4.69, 9.17) is 4.98 Å². The summed E-state index contributed by atoms with van der Waals surface area (Å²) in [5, 5.41) is 0. The van der Waals surface area contributed by atoms with Gasteiger partial charge in [0.15, 0.2) is 5.65 Å². The van der Waals surface area contributed by atoms with Crippen LogP contribution < -0.4 is 0 Å². The topological polar surface area (TPSA) is 72.6 Å². The van der Waals surface area contributed by atoms with Crippen molar-refractivity contribution in [3.8, 4) is 11.4 Å². The molecule has 1 atom stereocenters. The van der Waals surface area contributed by atoms with Crippen molar-refractivity contribution in [3.05, 3.63) is 65.1 Å². The zero-order valence-electron chi connectivity index (χ0n) is 19.2. The molecule has 0 saturated carbocycles. The van der Waals surface area contributed by atoms with Gasteiger partial charge in [0.2, 0.25) is 0 Å². The van der Waals surface area contributed by atoms with Gasteiger partial charge in [-0.2, -0.15) is 0 Å². The van der Waals surface area contributed by atoms with Crippen LogP contribution in [0.2, 0.25) is 0 Å². The summed E-state index contributed by atoms with van der Waals surface area (Å²) in [4.78, 5) is 24.7. The monoisotopic (exact) mass is 461 g/mol. The molecule has 0 spiro atoms. The number of aromatic nitrogens is 6. The molecule has 2 bridgehead atoms. The van der Waals surface area contributed by atoms with Gasteiger partial charge in [-0.15, -0.1) is 0 Å². The number of imidazole rings is 1. The minimum absolute atomic E-state index is 0.151. The van der Waals surface area contributed by atoms with Gasteiger partial charge in [-0.1, -0.05) is 0 Å². The van der Waals surface area contributed by atoms with Gasteiger partial charge < -0.3 is 9.47 Å². The van der Waals surface area contributed by atoms with Gasteiger partial charge in [-0.05, 0) is 63.4 Å². The number of aryl methyl sites for hydroxylation is 2. The van der Waals surface area contributed by atoms with Gasteiger partial charge >= 0.3 is 0 Å². The Labute approximate surface area is 195 Å². The Morgan fingerprint density at radius 3 is 2.53 bits per heavy atom. The number of hydrogen-bond acceptors (Lipinski definition) is 6. The van der Waals surface area contributed by atoms with E-state index >= 15 is 4.39 Å². The summed E-state index contributed by atoms with van der Waals surface area (Å²) in [6.07, 6.45) is 6.68. The highest BCUT2D eigenvalue weighted by Crippen LogP contribution is 2.39. The van der Waals surface area contributed by atoms with E-state index in [0.29, 0.717) is 52.1 Å². The fourth-order valence-electron chi connectivity index (χ4n) is 5.48. The van der Waals surface area contributed by atoms with Crippen LogP contribution in [0, 0.1) is 31.4 Å². The smallest absolute Gasteiger partial charge is 0.164 e. The van der Waals surface area contributed by atoms with Crippen LogP contribution in [-0.4, -0.2) is 54.0 Å². The molecule has 34 heavy (non-hydrogen) atoms. The summed E-state index contributed by atoms with van der Waals surface area (Å²) < 4.78 is 31.1. The van der Waals surface area contributed by atoms with Crippen molar-refractivity contribution in [3.63, 3.8) is 0 Å². The predicted molar refractivity (Wildman–Crippen MR) is 123 cm³/mol. The lowest BCUT2D eigenvalue weighted by molar-refractivity contribution is 0.0838. The van der Waals surface area contributed by atoms with Crippen molar-refractivity contribution in [2.24, 2.45) is 5.92 Å². The summed E-state index contributed by atoms with van der Waals surface area (Å²) in [6.45, 7) is 7.07. The van der Waals surface area contributed by atoms with Crippen LogP contribution in [-0.2, 0) is 6.54 Å². The summed E-state index contributed by atoms with van der Waals surface area (Å²) in [5.41, 5.74) is 3.76. The SMILES string of the molecule is Cc1nc(C)c2nc(-c3cncc(F)c3)n(Cc3cnc(C4CN5CCC4CC5)c(F)c3)c2n1. The van der Waals surface area contributed by atoms with E-state index in [0.717, 1.165) is 44.4 Å². The van der Waals surface area contributed by atoms with Crippen molar-refractivity contribution in [2.75, 3.05) is 19.6 Å². The van der Waals surface area contributed by atoms with Crippen molar-refractivity contribution in [1.82, 2.24) is 34.4 Å². The van der Waals surface area contributed by atoms with Gasteiger partial charge in [-0.25, -0.2) is 23.7 Å². The van der Waals surface area contributed by atoms with Crippen LogP contribution in [0.5, 0.6) is 0 Å². The highest BCUT2D eigenvalue weighted by Gasteiger charge is 2.37. The number of halogens is 2. The molecule has 0 radical (unpaired) electrons. The predicted octanol–water partition coefficient (Wildman–Crippen LogP) is 4.04. The van der Waals surface area contributed by atoms with E-state index in [-0.39, 0.29) is 11.7 Å². The highest BCUT2D eigenvalue weighted by atomic mass is 19.1. The molecule has 9 heteroatoms. The maximum Gasteiger partial charge on any atom is 0.164 e. The average Bonchev–Trinajstić information content (AvgIpc) is 3.18. The zero-order chi connectivity index (χ0) is 23.4. The van der Waals surface area contributed by atoms with E-state index in [9.17, 15) is 4.39 Å². The van der Waals surface area contributed by atoms with Gasteiger partial charge in [0.25, 0.3) is 0 Å². The van der Waals surface area contributed by atoms with Crippen molar-refractivity contribution in [2.45, 2.75) is 39.2 Å². The molecule has 4 aromatic rings. The largest absolute Gasteiger partial charge is 0.304 e. The second-order valence-electron chi connectivity index (χ2n) is 9.40. The highest BCUT2D eigenvalue weighted by molar-refractivity contribution is 5.79. The molecule has 3 aliphatic rings. The number of hydrogen-bond donors (Lipinski definition) is 0. The molecular formula is C25H25F2N7. The molecule has 0 N–H and O–H groups in total. The summed E-state index contributed by atoms with van der Waals surface area (Å²) in [5.74, 6) is 1.05. The Bertz CT molecular complexity index is 1390. The van der Waals surface area contributed by atoms with Gasteiger partial charge in [0.05, 0.1) is 24.1 Å². The molecule has 1 unspecified atom stereocenters. The second kappa shape index (κ2) is 8.16. The first-order valence-corrected chi connectivity index (χ1v) is 11.7. The molecule has 7 nitrogen and oxygen atoms in total. The first-order chi connectivity index (χ1) is 16.5. The third kappa shape index (κ3) is 3.64. The van der Waals surface area contributed by atoms with E-state index < -0.39 is 5.82 Å². The molecule has 0 aliphatic carbocycles. The molecule has 4 aromatic heterocycles. The molecule has 0 amide bonds. The van der Waals surface area contributed by atoms with E-state index in [1.165, 1.54) is 6.07 Å². The number of rotatable bonds is 4. The van der Waals surface area contributed by atoms with Gasteiger partial charge in [-0.3, -0.25) is 9.97 Å². The molecule has 0 aromatic carbocycles. The Morgan fingerprint density at radius 2 is 1.82 bits per heavy atom. The number of pyridine rings is 2. The fourth-order valence-corrected chi connectivity index (χ4v) is 5.48. The first kappa shape index (κ1) is 21.2. The molecule has 3 fully saturated rings. The fraction of sp³-hybridized carbons (Fsp3) is 0.400. The van der Waals surface area contributed by atoms with Crippen LogP contribution in [0.1, 0.15) is 41.5 Å². The number of fused-ring (bicyclic) bond motifs is 4.